The first-order valence-electron chi connectivity index (χ1n) is 6.94. The van der Waals surface area contributed by atoms with Crippen LogP contribution in [0.3, 0.4) is 0 Å². The molecule has 2 rings (SSSR count). The van der Waals surface area contributed by atoms with E-state index in [2.05, 4.69) is 21.2 Å². The molecule has 2 amide bonds. The normalized spacial score (nSPS) is 15.8. The number of benzene rings is 1. The van der Waals surface area contributed by atoms with E-state index >= 15 is 0 Å². The van der Waals surface area contributed by atoms with Crippen molar-refractivity contribution in [2.45, 2.75) is 18.9 Å². The maximum atomic E-state index is 12.4. The molecule has 5 nitrogen and oxygen atoms in total. The van der Waals surface area contributed by atoms with Crippen molar-refractivity contribution in [2.24, 2.45) is 0 Å². The summed E-state index contributed by atoms with van der Waals surface area (Å²) >= 11 is 3.41. The fourth-order valence-electron chi connectivity index (χ4n) is 2.43. The van der Waals surface area contributed by atoms with Crippen LogP contribution in [0.15, 0.2) is 28.7 Å². The Morgan fingerprint density at radius 3 is 2.62 bits per heavy atom. The fourth-order valence-corrected chi connectivity index (χ4v) is 2.89. The lowest BCUT2D eigenvalue weighted by atomic mass is 10.0. The average Bonchev–Trinajstić information content (AvgIpc) is 2.48. The summed E-state index contributed by atoms with van der Waals surface area (Å²) in [5.74, 6) is -0.0720. The van der Waals surface area contributed by atoms with Crippen LogP contribution >= 0.6 is 15.9 Å². The lowest BCUT2D eigenvalue weighted by Crippen LogP contribution is -2.47. The Morgan fingerprint density at radius 2 is 2.00 bits per heavy atom. The molecule has 0 aromatic heterocycles. The minimum atomic E-state index is -0.104. The molecule has 0 aliphatic carbocycles. The van der Waals surface area contributed by atoms with Gasteiger partial charge in [0.25, 0.3) is 5.91 Å². The van der Waals surface area contributed by atoms with Gasteiger partial charge in [-0.3, -0.25) is 9.59 Å². The van der Waals surface area contributed by atoms with E-state index in [1.807, 2.05) is 29.2 Å². The molecule has 0 spiro atoms. The van der Waals surface area contributed by atoms with Gasteiger partial charge < -0.3 is 15.0 Å². The van der Waals surface area contributed by atoms with E-state index < -0.39 is 0 Å². The second-order valence-electron chi connectivity index (χ2n) is 5.05. The van der Waals surface area contributed by atoms with Crippen molar-refractivity contribution in [2.75, 3.05) is 26.8 Å². The largest absolute Gasteiger partial charge is 0.375 e. The number of hydrogen-bond acceptors (Lipinski definition) is 3. The predicted molar refractivity (Wildman–Crippen MR) is 83.1 cm³/mol. The topological polar surface area (TPSA) is 58.6 Å². The maximum absolute atomic E-state index is 12.4. The van der Waals surface area contributed by atoms with Crippen molar-refractivity contribution in [1.82, 2.24) is 10.2 Å². The first-order valence-corrected chi connectivity index (χ1v) is 7.73. The summed E-state index contributed by atoms with van der Waals surface area (Å²) in [6, 6.07) is 7.55. The van der Waals surface area contributed by atoms with Crippen LogP contribution in [0.4, 0.5) is 0 Å². The molecular formula is C15H19BrN2O3. The van der Waals surface area contributed by atoms with Gasteiger partial charge in [-0.1, -0.05) is 12.1 Å². The van der Waals surface area contributed by atoms with Crippen molar-refractivity contribution >= 4 is 27.7 Å². The number of methoxy groups -OCH3 is 1. The number of halogens is 1. The van der Waals surface area contributed by atoms with Crippen LogP contribution in [0.25, 0.3) is 0 Å². The van der Waals surface area contributed by atoms with Crippen LogP contribution < -0.4 is 5.32 Å². The molecule has 0 saturated carbocycles. The number of nitrogens with one attached hydrogen (secondary N) is 1. The van der Waals surface area contributed by atoms with E-state index in [0.717, 1.165) is 17.3 Å². The maximum Gasteiger partial charge on any atom is 0.254 e. The summed E-state index contributed by atoms with van der Waals surface area (Å²) in [5.41, 5.74) is 0.680. The van der Waals surface area contributed by atoms with Crippen LogP contribution in [0.5, 0.6) is 0 Å². The predicted octanol–water partition coefficient (Wildman–Crippen LogP) is 1.82. The zero-order valence-electron chi connectivity index (χ0n) is 12.0. The van der Waals surface area contributed by atoms with Crippen LogP contribution in [0.1, 0.15) is 23.2 Å². The molecule has 1 saturated heterocycles. The fraction of sp³-hybridized carbons (Fsp3) is 0.467. The zero-order chi connectivity index (χ0) is 15.2. The van der Waals surface area contributed by atoms with Crippen LogP contribution in [-0.2, 0) is 9.53 Å². The average molecular weight is 355 g/mol. The molecule has 1 aliphatic heterocycles. The Labute approximate surface area is 132 Å². The van der Waals surface area contributed by atoms with E-state index in [4.69, 9.17) is 4.74 Å². The van der Waals surface area contributed by atoms with Gasteiger partial charge in [-0.15, -0.1) is 0 Å². The van der Waals surface area contributed by atoms with Crippen molar-refractivity contribution in [1.29, 1.82) is 0 Å². The number of ether oxygens (including phenoxy) is 1. The number of amides is 2. The summed E-state index contributed by atoms with van der Waals surface area (Å²) < 4.78 is 5.60. The molecule has 1 aliphatic rings. The molecule has 0 atom stereocenters. The molecule has 0 bridgehead atoms. The summed E-state index contributed by atoms with van der Waals surface area (Å²) in [6.07, 6.45) is 1.54. The smallest absolute Gasteiger partial charge is 0.254 e. The van der Waals surface area contributed by atoms with Crippen molar-refractivity contribution in [3.05, 3.63) is 34.3 Å². The number of hydrogen-bond donors (Lipinski definition) is 1. The van der Waals surface area contributed by atoms with E-state index in [1.165, 1.54) is 7.11 Å². The molecule has 1 heterocycles. The van der Waals surface area contributed by atoms with Gasteiger partial charge in [0.05, 0.1) is 5.56 Å². The number of likely N-dealkylation sites (tertiary alicyclic amines) is 1. The van der Waals surface area contributed by atoms with Crippen molar-refractivity contribution in [3.63, 3.8) is 0 Å². The monoisotopic (exact) mass is 354 g/mol. The Kier molecular flexibility index (Phi) is 5.76. The van der Waals surface area contributed by atoms with Gasteiger partial charge >= 0.3 is 0 Å². The zero-order valence-corrected chi connectivity index (χ0v) is 13.6. The minimum absolute atomic E-state index is 0.0316. The number of nitrogens with zero attached hydrogens (tertiary/aromatic N) is 1. The summed E-state index contributed by atoms with van der Waals surface area (Å²) in [5, 5.41) is 2.92. The lowest BCUT2D eigenvalue weighted by molar-refractivity contribution is -0.125. The second-order valence-corrected chi connectivity index (χ2v) is 5.90. The molecule has 114 valence electrons. The highest BCUT2D eigenvalue weighted by Gasteiger charge is 2.25. The van der Waals surface area contributed by atoms with Gasteiger partial charge in [-0.2, -0.15) is 0 Å². The standard InChI is InChI=1S/C15H19BrN2O3/c1-21-10-14(19)17-11-6-8-18(9-7-11)15(20)12-4-2-3-5-13(12)16/h2-5,11H,6-10H2,1H3,(H,17,19). The second kappa shape index (κ2) is 7.56. The number of rotatable bonds is 4. The highest BCUT2D eigenvalue weighted by Crippen LogP contribution is 2.20. The Bertz CT molecular complexity index is 513. The van der Waals surface area contributed by atoms with Gasteiger partial charge in [0.1, 0.15) is 6.61 Å². The van der Waals surface area contributed by atoms with Gasteiger partial charge in [0.2, 0.25) is 5.91 Å². The first kappa shape index (κ1) is 16.0. The summed E-state index contributed by atoms with van der Waals surface area (Å²) in [4.78, 5) is 25.7. The molecule has 0 radical (unpaired) electrons. The van der Waals surface area contributed by atoms with Crippen LogP contribution in [0.2, 0.25) is 0 Å². The molecule has 6 heteroatoms. The first-order chi connectivity index (χ1) is 10.1. The van der Waals surface area contributed by atoms with Crippen molar-refractivity contribution < 1.29 is 14.3 Å². The Hall–Kier alpha value is -1.40. The molecule has 1 N–H and O–H groups in total. The van der Waals surface area contributed by atoms with Gasteiger partial charge in [0, 0.05) is 30.7 Å². The Morgan fingerprint density at radius 1 is 1.33 bits per heavy atom. The molecule has 1 aromatic carbocycles. The number of carbonyl (C=O) groups excluding carboxylic acids is 2. The molecule has 1 fully saturated rings. The van der Waals surface area contributed by atoms with E-state index in [-0.39, 0.29) is 24.5 Å². The van der Waals surface area contributed by atoms with Gasteiger partial charge in [0.15, 0.2) is 0 Å². The third-order valence-corrected chi connectivity index (χ3v) is 4.22. The SMILES string of the molecule is COCC(=O)NC1CCN(C(=O)c2ccccc2Br)CC1. The van der Waals surface area contributed by atoms with Crippen LogP contribution in [0, 0.1) is 0 Å². The van der Waals surface area contributed by atoms with E-state index in [9.17, 15) is 9.59 Å². The quantitative estimate of drug-likeness (QED) is 0.896. The molecule has 21 heavy (non-hydrogen) atoms. The van der Waals surface area contributed by atoms with Gasteiger partial charge in [-0.25, -0.2) is 0 Å². The van der Waals surface area contributed by atoms with Gasteiger partial charge in [-0.05, 0) is 40.9 Å². The number of carbonyl (C=O) groups is 2. The van der Waals surface area contributed by atoms with E-state index in [0.29, 0.717) is 18.7 Å². The Balaban J connectivity index is 1.88. The summed E-state index contributed by atoms with van der Waals surface area (Å²) in [6.45, 7) is 1.38. The third-order valence-electron chi connectivity index (χ3n) is 3.53. The molecule has 0 unspecified atom stereocenters. The molecular weight excluding hydrogens is 336 g/mol. The summed E-state index contributed by atoms with van der Waals surface area (Å²) in [7, 11) is 1.50. The van der Waals surface area contributed by atoms with Crippen molar-refractivity contribution in [3.8, 4) is 0 Å². The third kappa shape index (κ3) is 4.28. The molecule has 1 aromatic rings. The lowest BCUT2D eigenvalue weighted by Gasteiger charge is -2.32. The van der Waals surface area contributed by atoms with E-state index in [1.54, 1.807) is 0 Å². The number of piperidine rings is 1. The highest BCUT2D eigenvalue weighted by atomic mass is 79.9. The highest BCUT2D eigenvalue weighted by molar-refractivity contribution is 9.10. The van der Waals surface area contributed by atoms with Crippen LogP contribution in [-0.4, -0.2) is 49.6 Å². The minimum Gasteiger partial charge on any atom is -0.375 e.